The van der Waals surface area contributed by atoms with Crippen LogP contribution >= 0.6 is 23.1 Å². The Morgan fingerprint density at radius 2 is 2.33 bits per heavy atom. The molecular weight excluding hydrogens is 196 g/mol. The van der Waals surface area contributed by atoms with Crippen LogP contribution in [0, 0.1) is 0 Å². The Hall–Kier alpha value is -1.00. The molecule has 1 heterocycles. The van der Waals surface area contributed by atoms with Crippen molar-refractivity contribution in [2.24, 2.45) is 0 Å². The second-order valence-electron chi connectivity index (χ2n) is 2.23. The quantitative estimate of drug-likeness (QED) is 0.659. The zero-order chi connectivity index (χ0) is 8.55. The minimum Gasteiger partial charge on any atom is -0.276 e. The number of halogens is 1. The van der Waals surface area contributed by atoms with E-state index in [0.29, 0.717) is 5.56 Å². The summed E-state index contributed by atoms with van der Waals surface area (Å²) < 4.78 is 4.62. The maximum Gasteiger partial charge on any atom is 0.252 e. The zero-order valence-electron chi connectivity index (χ0n) is 5.82. The summed E-state index contributed by atoms with van der Waals surface area (Å²) in [4.78, 5) is 10.7. The van der Waals surface area contributed by atoms with Gasteiger partial charge in [0.1, 0.15) is 5.52 Å². The van der Waals surface area contributed by atoms with E-state index in [9.17, 15) is 4.79 Å². The standard InChI is InChI=1S/C7H3ClN2OS/c8-7(11)4-1-2-5-6(3-4)12-10-9-5/h1-3H. The normalized spacial score (nSPS) is 10.4. The molecule has 1 aromatic heterocycles. The number of hydrogen-bond acceptors (Lipinski definition) is 4. The van der Waals surface area contributed by atoms with Crippen LogP contribution in [0.1, 0.15) is 10.4 Å². The lowest BCUT2D eigenvalue weighted by atomic mass is 10.2. The van der Waals surface area contributed by atoms with Crippen LogP contribution in [-0.4, -0.2) is 14.8 Å². The Labute approximate surface area is 77.1 Å². The molecule has 0 aliphatic heterocycles. The molecule has 0 saturated carbocycles. The van der Waals surface area contributed by atoms with Gasteiger partial charge in [-0.1, -0.05) is 4.49 Å². The number of carbonyl (C=O) groups is 1. The average Bonchev–Trinajstić information content (AvgIpc) is 2.49. The predicted molar refractivity (Wildman–Crippen MR) is 47.6 cm³/mol. The summed E-state index contributed by atoms with van der Waals surface area (Å²) in [5.74, 6) is 0. The first kappa shape index (κ1) is 7.64. The number of nitrogens with zero attached hydrogens (tertiary/aromatic N) is 2. The number of fused-ring (bicyclic) bond motifs is 1. The maximum atomic E-state index is 10.7. The van der Waals surface area contributed by atoms with Crippen molar-refractivity contribution in [3.05, 3.63) is 23.8 Å². The van der Waals surface area contributed by atoms with Crippen LogP contribution in [0.5, 0.6) is 0 Å². The first-order chi connectivity index (χ1) is 5.77. The minimum absolute atomic E-state index is 0.453. The van der Waals surface area contributed by atoms with Crippen LogP contribution in [0.2, 0.25) is 0 Å². The summed E-state index contributed by atoms with van der Waals surface area (Å²) in [6.07, 6.45) is 0. The van der Waals surface area contributed by atoms with Gasteiger partial charge in [-0.15, -0.1) is 5.10 Å². The van der Waals surface area contributed by atoms with Gasteiger partial charge in [0, 0.05) is 5.56 Å². The van der Waals surface area contributed by atoms with E-state index in [0.717, 1.165) is 10.2 Å². The van der Waals surface area contributed by atoms with Crippen LogP contribution in [0.3, 0.4) is 0 Å². The number of benzene rings is 1. The van der Waals surface area contributed by atoms with Crippen molar-refractivity contribution < 1.29 is 4.79 Å². The van der Waals surface area contributed by atoms with Crippen molar-refractivity contribution in [2.75, 3.05) is 0 Å². The van der Waals surface area contributed by atoms with E-state index in [1.165, 1.54) is 11.5 Å². The highest BCUT2D eigenvalue weighted by Crippen LogP contribution is 2.17. The topological polar surface area (TPSA) is 42.9 Å². The van der Waals surface area contributed by atoms with Gasteiger partial charge in [0.2, 0.25) is 0 Å². The fourth-order valence-corrected chi connectivity index (χ4v) is 1.62. The summed E-state index contributed by atoms with van der Waals surface area (Å²) in [5.41, 5.74) is 1.27. The average molecular weight is 199 g/mol. The van der Waals surface area contributed by atoms with Crippen molar-refractivity contribution in [3.8, 4) is 0 Å². The summed E-state index contributed by atoms with van der Waals surface area (Å²) >= 11 is 6.54. The van der Waals surface area contributed by atoms with Crippen molar-refractivity contribution >= 4 is 38.6 Å². The highest BCUT2D eigenvalue weighted by molar-refractivity contribution is 7.12. The summed E-state index contributed by atoms with van der Waals surface area (Å²) in [6.45, 7) is 0. The van der Waals surface area contributed by atoms with E-state index in [4.69, 9.17) is 11.6 Å². The van der Waals surface area contributed by atoms with Gasteiger partial charge < -0.3 is 0 Å². The molecule has 0 aliphatic carbocycles. The van der Waals surface area contributed by atoms with Gasteiger partial charge >= 0.3 is 0 Å². The van der Waals surface area contributed by atoms with E-state index >= 15 is 0 Å². The van der Waals surface area contributed by atoms with Gasteiger partial charge in [0.15, 0.2) is 0 Å². The van der Waals surface area contributed by atoms with Crippen molar-refractivity contribution in [1.82, 2.24) is 9.59 Å². The molecule has 0 spiro atoms. The largest absolute Gasteiger partial charge is 0.276 e. The number of rotatable bonds is 1. The summed E-state index contributed by atoms with van der Waals surface area (Å²) in [6, 6.07) is 5.06. The monoisotopic (exact) mass is 198 g/mol. The molecule has 60 valence electrons. The second-order valence-corrected chi connectivity index (χ2v) is 3.36. The molecule has 2 rings (SSSR count). The van der Waals surface area contributed by atoms with Crippen molar-refractivity contribution in [3.63, 3.8) is 0 Å². The van der Waals surface area contributed by atoms with E-state index in [-0.39, 0.29) is 0 Å². The van der Waals surface area contributed by atoms with E-state index in [2.05, 4.69) is 9.59 Å². The molecular formula is C7H3ClN2OS. The Morgan fingerprint density at radius 3 is 3.08 bits per heavy atom. The molecule has 5 heteroatoms. The van der Waals surface area contributed by atoms with Crippen LogP contribution in [0.15, 0.2) is 18.2 Å². The van der Waals surface area contributed by atoms with Crippen LogP contribution in [0.4, 0.5) is 0 Å². The number of carbonyl (C=O) groups excluding carboxylic acids is 1. The lowest BCUT2D eigenvalue weighted by Crippen LogP contribution is -1.86. The minimum atomic E-state index is -0.453. The predicted octanol–water partition coefficient (Wildman–Crippen LogP) is 2.07. The molecule has 0 fully saturated rings. The molecule has 0 atom stereocenters. The SMILES string of the molecule is O=C(Cl)c1ccc2nnsc2c1. The molecule has 3 nitrogen and oxygen atoms in total. The molecule has 0 saturated heterocycles. The first-order valence-electron chi connectivity index (χ1n) is 3.19. The summed E-state index contributed by atoms with van der Waals surface area (Å²) in [7, 11) is 0. The molecule has 0 amide bonds. The second kappa shape index (κ2) is 2.80. The Balaban J connectivity index is 2.68. The van der Waals surface area contributed by atoms with Crippen LogP contribution in [-0.2, 0) is 0 Å². The Morgan fingerprint density at radius 1 is 1.50 bits per heavy atom. The molecule has 0 N–H and O–H groups in total. The fourth-order valence-electron chi connectivity index (χ4n) is 0.901. The molecule has 0 radical (unpaired) electrons. The van der Waals surface area contributed by atoms with Crippen molar-refractivity contribution in [1.29, 1.82) is 0 Å². The van der Waals surface area contributed by atoms with Gasteiger partial charge in [-0.3, -0.25) is 4.79 Å². The van der Waals surface area contributed by atoms with Gasteiger partial charge in [0.05, 0.1) is 4.70 Å². The smallest absolute Gasteiger partial charge is 0.252 e. The third-order valence-corrected chi connectivity index (χ3v) is 2.38. The summed E-state index contributed by atoms with van der Waals surface area (Å²) in [5, 5.41) is 3.38. The third kappa shape index (κ3) is 1.19. The van der Waals surface area contributed by atoms with Crippen molar-refractivity contribution in [2.45, 2.75) is 0 Å². The number of hydrogen-bond donors (Lipinski definition) is 0. The van der Waals surface area contributed by atoms with Crippen LogP contribution < -0.4 is 0 Å². The van der Waals surface area contributed by atoms with E-state index < -0.39 is 5.24 Å². The molecule has 1 aromatic carbocycles. The zero-order valence-corrected chi connectivity index (χ0v) is 7.39. The van der Waals surface area contributed by atoms with Gasteiger partial charge in [-0.2, -0.15) is 0 Å². The van der Waals surface area contributed by atoms with E-state index in [1.54, 1.807) is 18.2 Å². The Bertz CT molecular complexity index is 440. The molecule has 2 aromatic rings. The van der Waals surface area contributed by atoms with Crippen LogP contribution in [0.25, 0.3) is 10.2 Å². The van der Waals surface area contributed by atoms with Gasteiger partial charge in [-0.05, 0) is 41.3 Å². The Kier molecular flexibility index (Phi) is 1.78. The number of aromatic nitrogens is 2. The third-order valence-electron chi connectivity index (χ3n) is 1.47. The molecule has 0 aliphatic rings. The fraction of sp³-hybridized carbons (Fsp3) is 0. The maximum absolute atomic E-state index is 10.7. The van der Waals surface area contributed by atoms with Gasteiger partial charge in [-0.25, -0.2) is 0 Å². The highest BCUT2D eigenvalue weighted by atomic mass is 35.5. The lowest BCUT2D eigenvalue weighted by Gasteiger charge is -1.90. The first-order valence-corrected chi connectivity index (χ1v) is 4.34. The van der Waals surface area contributed by atoms with Gasteiger partial charge in [0.25, 0.3) is 5.24 Å². The molecule has 12 heavy (non-hydrogen) atoms. The molecule has 0 bridgehead atoms. The lowest BCUT2D eigenvalue weighted by molar-refractivity contribution is 0.108. The van der Waals surface area contributed by atoms with E-state index in [1.807, 2.05) is 0 Å². The highest BCUT2D eigenvalue weighted by Gasteiger charge is 2.04. The molecule has 0 unspecified atom stereocenters.